The molecule has 1 aromatic heterocycles. The summed E-state index contributed by atoms with van der Waals surface area (Å²) in [6.07, 6.45) is 4.68. The van der Waals surface area contributed by atoms with Crippen LogP contribution in [0, 0.1) is 0 Å². The predicted octanol–water partition coefficient (Wildman–Crippen LogP) is 2.11. The number of ketones is 1. The van der Waals surface area contributed by atoms with Gasteiger partial charge in [-0.25, -0.2) is 0 Å². The van der Waals surface area contributed by atoms with E-state index in [9.17, 15) is 4.79 Å². The Balaban J connectivity index is 2.11. The van der Waals surface area contributed by atoms with Gasteiger partial charge in [0.25, 0.3) is 0 Å². The lowest BCUT2D eigenvalue weighted by Gasteiger charge is -2.33. The fraction of sp³-hybridized carbons (Fsp3) is 0.733. The zero-order chi connectivity index (χ0) is 13.9. The fourth-order valence-corrected chi connectivity index (χ4v) is 2.76. The second kappa shape index (κ2) is 5.87. The van der Waals surface area contributed by atoms with Crippen LogP contribution in [0.15, 0.2) is 6.07 Å². The molecule has 0 aromatic carbocycles. The molecule has 1 aromatic rings. The van der Waals surface area contributed by atoms with Crippen molar-refractivity contribution in [3.05, 3.63) is 17.5 Å². The van der Waals surface area contributed by atoms with Gasteiger partial charge in [-0.1, -0.05) is 6.92 Å². The number of nitrogens with zero attached hydrogens (tertiary/aromatic N) is 2. The van der Waals surface area contributed by atoms with Gasteiger partial charge in [0.1, 0.15) is 0 Å². The molecule has 0 amide bonds. The molecule has 4 heteroatoms. The van der Waals surface area contributed by atoms with Gasteiger partial charge in [0.05, 0.1) is 17.7 Å². The van der Waals surface area contributed by atoms with Crippen LogP contribution in [0.2, 0.25) is 0 Å². The maximum absolute atomic E-state index is 12.6. The first-order valence-electron chi connectivity index (χ1n) is 7.43. The smallest absolute Gasteiger partial charge is 0.158 e. The minimum absolute atomic E-state index is 0.296. The number of piperidine rings is 1. The number of nitrogens with one attached hydrogen (secondary N) is 1. The van der Waals surface area contributed by atoms with Gasteiger partial charge < -0.3 is 5.32 Å². The van der Waals surface area contributed by atoms with Crippen molar-refractivity contribution in [3.8, 4) is 0 Å². The van der Waals surface area contributed by atoms with E-state index >= 15 is 0 Å². The van der Waals surface area contributed by atoms with Crippen molar-refractivity contribution in [3.63, 3.8) is 0 Å². The van der Waals surface area contributed by atoms with Gasteiger partial charge in [-0.15, -0.1) is 0 Å². The standard InChI is InChI=1S/C15H25N3O/c1-4-12-10-13(18(5-2)17-12)11-14(19)15(3)8-6-7-9-16-15/h10,16H,4-9,11H2,1-3H3. The van der Waals surface area contributed by atoms with Gasteiger partial charge >= 0.3 is 0 Å². The van der Waals surface area contributed by atoms with E-state index in [1.807, 2.05) is 11.6 Å². The van der Waals surface area contributed by atoms with Crippen LogP contribution in [0.3, 0.4) is 0 Å². The number of aromatic nitrogens is 2. The van der Waals surface area contributed by atoms with Crippen LogP contribution in [0.1, 0.15) is 51.4 Å². The van der Waals surface area contributed by atoms with E-state index in [4.69, 9.17) is 0 Å². The summed E-state index contributed by atoms with van der Waals surface area (Å²) in [5.74, 6) is 0.296. The molecule has 4 nitrogen and oxygen atoms in total. The Morgan fingerprint density at radius 1 is 1.47 bits per heavy atom. The highest BCUT2D eigenvalue weighted by Crippen LogP contribution is 2.21. The van der Waals surface area contributed by atoms with E-state index in [0.29, 0.717) is 12.2 Å². The third-order valence-corrected chi connectivity index (χ3v) is 4.15. The summed E-state index contributed by atoms with van der Waals surface area (Å²) in [4.78, 5) is 12.6. The van der Waals surface area contributed by atoms with Crippen LogP contribution in [0.4, 0.5) is 0 Å². The van der Waals surface area contributed by atoms with E-state index in [2.05, 4.69) is 30.3 Å². The molecular formula is C15H25N3O. The minimum Gasteiger partial charge on any atom is -0.305 e. The Hall–Kier alpha value is -1.16. The molecule has 1 unspecified atom stereocenters. The van der Waals surface area contributed by atoms with Gasteiger partial charge in [0, 0.05) is 12.2 Å². The highest BCUT2D eigenvalue weighted by atomic mass is 16.1. The maximum Gasteiger partial charge on any atom is 0.158 e. The predicted molar refractivity (Wildman–Crippen MR) is 76.2 cm³/mol. The van der Waals surface area contributed by atoms with E-state index in [1.165, 1.54) is 6.42 Å². The van der Waals surface area contributed by atoms with Gasteiger partial charge in [0.2, 0.25) is 0 Å². The van der Waals surface area contributed by atoms with Gasteiger partial charge in [-0.05, 0) is 52.1 Å². The molecule has 2 rings (SSSR count). The summed E-state index contributed by atoms with van der Waals surface area (Å²) < 4.78 is 1.96. The Bertz CT molecular complexity index is 444. The van der Waals surface area contributed by atoms with E-state index in [-0.39, 0.29) is 5.54 Å². The molecular weight excluding hydrogens is 238 g/mol. The third kappa shape index (κ3) is 3.06. The Kier molecular flexibility index (Phi) is 4.40. The van der Waals surface area contributed by atoms with Crippen LogP contribution in [-0.2, 0) is 24.2 Å². The van der Waals surface area contributed by atoms with E-state index in [1.54, 1.807) is 0 Å². The van der Waals surface area contributed by atoms with Crippen LogP contribution < -0.4 is 5.32 Å². The first kappa shape index (κ1) is 14.3. The zero-order valence-corrected chi connectivity index (χ0v) is 12.3. The molecule has 1 atom stereocenters. The molecule has 0 bridgehead atoms. The molecule has 19 heavy (non-hydrogen) atoms. The molecule has 0 spiro atoms. The van der Waals surface area contributed by atoms with Crippen molar-refractivity contribution in [2.24, 2.45) is 0 Å². The molecule has 0 radical (unpaired) electrons. The molecule has 0 saturated carbocycles. The normalized spacial score (nSPS) is 23.5. The van der Waals surface area contributed by atoms with E-state index < -0.39 is 0 Å². The number of hydrogen-bond acceptors (Lipinski definition) is 3. The number of carbonyl (C=O) groups is 1. The summed E-state index contributed by atoms with van der Waals surface area (Å²) >= 11 is 0. The second-order valence-electron chi connectivity index (χ2n) is 5.61. The van der Waals surface area contributed by atoms with E-state index in [0.717, 1.165) is 43.7 Å². The average molecular weight is 263 g/mol. The second-order valence-corrected chi connectivity index (χ2v) is 5.61. The SMILES string of the molecule is CCc1cc(CC(=O)C2(C)CCCCN2)n(CC)n1. The summed E-state index contributed by atoms with van der Waals surface area (Å²) in [6.45, 7) is 7.99. The van der Waals surface area contributed by atoms with Gasteiger partial charge in [0.15, 0.2) is 5.78 Å². The summed E-state index contributed by atoms with van der Waals surface area (Å²) in [5.41, 5.74) is 1.79. The monoisotopic (exact) mass is 263 g/mol. The highest BCUT2D eigenvalue weighted by Gasteiger charge is 2.34. The van der Waals surface area contributed by atoms with Crippen molar-refractivity contribution in [1.82, 2.24) is 15.1 Å². The molecule has 1 aliphatic heterocycles. The van der Waals surface area contributed by atoms with Crippen LogP contribution in [0.25, 0.3) is 0 Å². The lowest BCUT2D eigenvalue weighted by molar-refractivity contribution is -0.125. The molecule has 1 N–H and O–H groups in total. The third-order valence-electron chi connectivity index (χ3n) is 4.15. The summed E-state index contributed by atoms with van der Waals surface area (Å²) in [6, 6.07) is 2.08. The molecule has 1 saturated heterocycles. The lowest BCUT2D eigenvalue weighted by Crippen LogP contribution is -2.52. The van der Waals surface area contributed by atoms with Crippen molar-refractivity contribution < 1.29 is 4.79 Å². The zero-order valence-electron chi connectivity index (χ0n) is 12.3. The first-order valence-corrected chi connectivity index (χ1v) is 7.43. The summed E-state index contributed by atoms with van der Waals surface area (Å²) in [7, 11) is 0. The Labute approximate surface area is 115 Å². The minimum atomic E-state index is -0.340. The first-order chi connectivity index (χ1) is 9.09. The molecule has 106 valence electrons. The van der Waals surface area contributed by atoms with Gasteiger partial charge in [-0.3, -0.25) is 9.48 Å². The van der Waals surface area contributed by atoms with Crippen molar-refractivity contribution >= 4 is 5.78 Å². The van der Waals surface area contributed by atoms with Crippen molar-refractivity contribution in [2.45, 2.75) is 65.0 Å². The lowest BCUT2D eigenvalue weighted by atomic mass is 9.85. The average Bonchev–Trinajstić information content (AvgIpc) is 2.82. The number of carbonyl (C=O) groups excluding carboxylic acids is 1. The molecule has 0 aliphatic carbocycles. The molecule has 1 fully saturated rings. The van der Waals surface area contributed by atoms with Crippen LogP contribution in [0.5, 0.6) is 0 Å². The number of rotatable bonds is 5. The van der Waals surface area contributed by atoms with Crippen LogP contribution >= 0.6 is 0 Å². The maximum atomic E-state index is 12.6. The Morgan fingerprint density at radius 2 is 2.26 bits per heavy atom. The molecule has 2 heterocycles. The quantitative estimate of drug-likeness (QED) is 0.885. The number of Topliss-reactive ketones (excluding diaryl/α,β-unsaturated/α-hetero) is 1. The Morgan fingerprint density at radius 3 is 2.84 bits per heavy atom. The highest BCUT2D eigenvalue weighted by molar-refractivity contribution is 5.89. The summed E-state index contributed by atoms with van der Waals surface area (Å²) in [5, 5.41) is 7.91. The number of hydrogen-bond donors (Lipinski definition) is 1. The molecule has 1 aliphatic rings. The fourth-order valence-electron chi connectivity index (χ4n) is 2.76. The van der Waals surface area contributed by atoms with Crippen molar-refractivity contribution in [1.29, 1.82) is 0 Å². The van der Waals surface area contributed by atoms with Crippen molar-refractivity contribution in [2.75, 3.05) is 6.54 Å². The topological polar surface area (TPSA) is 46.9 Å². The number of aryl methyl sites for hydroxylation is 2. The van der Waals surface area contributed by atoms with Gasteiger partial charge in [-0.2, -0.15) is 5.10 Å². The largest absolute Gasteiger partial charge is 0.305 e. The van der Waals surface area contributed by atoms with Crippen LogP contribution in [-0.4, -0.2) is 27.6 Å².